The van der Waals surface area contributed by atoms with Crippen LogP contribution in [0.25, 0.3) is 0 Å². The zero-order valence-electron chi connectivity index (χ0n) is 10.8. The second kappa shape index (κ2) is 5.81. The maximum Gasteiger partial charge on any atom is 0.196 e. The zero-order chi connectivity index (χ0) is 14.8. The number of halogens is 3. The average Bonchev–Trinajstić information content (AvgIpc) is 2.97. The highest BCUT2D eigenvalue weighted by atomic mass is 32.2. The molecule has 1 aliphatic heterocycles. The van der Waals surface area contributed by atoms with Crippen LogP contribution in [0.4, 0.5) is 18.9 Å². The lowest BCUT2D eigenvalue weighted by Crippen LogP contribution is -2.08. The molecule has 6 heteroatoms. The number of aliphatic imine (C=N–C) groups is 1. The van der Waals surface area contributed by atoms with Gasteiger partial charge in [0.25, 0.3) is 0 Å². The standard InChI is InChI=1S/C15H11F3N2S/c16-10-6-7-11(14(18)13(10)17)19-15-20-12(8-21-15)9-4-2-1-3-5-9/h1-7,12H,8H2,(H,19,20). The van der Waals surface area contributed by atoms with Gasteiger partial charge in [-0.1, -0.05) is 42.1 Å². The molecule has 1 N–H and O–H groups in total. The molecule has 0 saturated carbocycles. The van der Waals surface area contributed by atoms with Gasteiger partial charge in [0.1, 0.15) is 0 Å². The summed E-state index contributed by atoms with van der Waals surface area (Å²) < 4.78 is 39.6. The van der Waals surface area contributed by atoms with Crippen LogP contribution in [0.2, 0.25) is 0 Å². The van der Waals surface area contributed by atoms with Crippen molar-refractivity contribution in [2.45, 2.75) is 6.04 Å². The van der Waals surface area contributed by atoms with Crippen molar-refractivity contribution >= 4 is 22.6 Å². The Labute approximate surface area is 124 Å². The van der Waals surface area contributed by atoms with Crippen LogP contribution >= 0.6 is 11.8 Å². The Kier molecular flexibility index (Phi) is 3.88. The molecule has 108 valence electrons. The molecule has 1 heterocycles. The first kappa shape index (κ1) is 14.0. The first-order valence-electron chi connectivity index (χ1n) is 6.31. The average molecular weight is 308 g/mol. The molecule has 1 unspecified atom stereocenters. The highest BCUT2D eigenvalue weighted by Gasteiger charge is 2.21. The molecule has 0 fully saturated rings. The molecule has 0 aromatic heterocycles. The Balaban J connectivity index is 1.79. The molecule has 0 radical (unpaired) electrons. The minimum absolute atomic E-state index is 0.0212. The van der Waals surface area contributed by atoms with Crippen molar-refractivity contribution < 1.29 is 13.2 Å². The topological polar surface area (TPSA) is 24.4 Å². The fourth-order valence-corrected chi connectivity index (χ4v) is 2.99. The van der Waals surface area contributed by atoms with Crippen LogP contribution < -0.4 is 5.32 Å². The van der Waals surface area contributed by atoms with Crippen molar-refractivity contribution in [2.24, 2.45) is 4.99 Å². The Morgan fingerprint density at radius 2 is 1.76 bits per heavy atom. The van der Waals surface area contributed by atoms with Gasteiger partial charge in [0.15, 0.2) is 22.6 Å². The van der Waals surface area contributed by atoms with E-state index in [9.17, 15) is 13.2 Å². The third kappa shape index (κ3) is 2.90. The van der Waals surface area contributed by atoms with Crippen molar-refractivity contribution in [1.29, 1.82) is 0 Å². The summed E-state index contributed by atoms with van der Waals surface area (Å²) in [6.45, 7) is 0. The molecule has 2 aromatic rings. The van der Waals surface area contributed by atoms with E-state index in [1.54, 1.807) is 0 Å². The number of hydrogen-bond acceptors (Lipinski definition) is 3. The Morgan fingerprint density at radius 3 is 2.52 bits per heavy atom. The van der Waals surface area contributed by atoms with E-state index in [1.807, 2.05) is 30.3 Å². The summed E-state index contributed by atoms with van der Waals surface area (Å²) in [5, 5.41) is 3.20. The van der Waals surface area contributed by atoms with Crippen LogP contribution in [-0.4, -0.2) is 10.9 Å². The van der Waals surface area contributed by atoms with E-state index in [1.165, 1.54) is 11.8 Å². The maximum atomic E-state index is 13.6. The predicted molar refractivity (Wildman–Crippen MR) is 79.0 cm³/mol. The second-order valence-electron chi connectivity index (χ2n) is 4.52. The number of nitrogens with zero attached hydrogens (tertiary/aromatic N) is 1. The Hall–Kier alpha value is -1.95. The maximum absolute atomic E-state index is 13.6. The molecule has 0 spiro atoms. The van der Waals surface area contributed by atoms with Gasteiger partial charge in [-0.3, -0.25) is 4.99 Å². The summed E-state index contributed by atoms with van der Waals surface area (Å²) in [6.07, 6.45) is 0. The zero-order valence-corrected chi connectivity index (χ0v) is 11.6. The van der Waals surface area contributed by atoms with E-state index in [2.05, 4.69) is 10.3 Å². The first-order valence-corrected chi connectivity index (χ1v) is 7.30. The van der Waals surface area contributed by atoms with Gasteiger partial charge in [0.2, 0.25) is 0 Å². The van der Waals surface area contributed by atoms with Crippen LogP contribution in [0.3, 0.4) is 0 Å². The van der Waals surface area contributed by atoms with Gasteiger partial charge in [-0.05, 0) is 17.7 Å². The molecular formula is C15H11F3N2S. The number of rotatable bonds is 2. The summed E-state index contributed by atoms with van der Waals surface area (Å²) in [6, 6.07) is 11.7. The third-order valence-electron chi connectivity index (χ3n) is 3.11. The van der Waals surface area contributed by atoms with Gasteiger partial charge in [-0.25, -0.2) is 13.2 Å². The van der Waals surface area contributed by atoms with Crippen LogP contribution in [0.5, 0.6) is 0 Å². The lowest BCUT2D eigenvalue weighted by Gasteiger charge is -2.07. The summed E-state index contributed by atoms with van der Waals surface area (Å²) in [5.41, 5.74) is 0.946. The van der Waals surface area contributed by atoms with E-state index in [-0.39, 0.29) is 11.7 Å². The normalized spacial score (nSPS) is 17.7. The number of thioether (sulfide) groups is 1. The SMILES string of the molecule is Fc1ccc(NC2=NC(c3ccccc3)CS2)c(F)c1F. The summed E-state index contributed by atoms with van der Waals surface area (Å²) in [7, 11) is 0. The molecule has 2 aromatic carbocycles. The molecular weight excluding hydrogens is 297 g/mol. The van der Waals surface area contributed by atoms with E-state index in [0.717, 1.165) is 23.4 Å². The number of anilines is 1. The number of hydrogen-bond donors (Lipinski definition) is 1. The lowest BCUT2D eigenvalue weighted by molar-refractivity contribution is 0.449. The molecule has 3 rings (SSSR count). The van der Waals surface area contributed by atoms with Crippen molar-refractivity contribution in [3.05, 3.63) is 65.5 Å². The highest BCUT2D eigenvalue weighted by molar-refractivity contribution is 8.14. The minimum Gasteiger partial charge on any atom is -0.332 e. The van der Waals surface area contributed by atoms with E-state index >= 15 is 0 Å². The minimum atomic E-state index is -1.48. The number of amidine groups is 1. The van der Waals surface area contributed by atoms with Gasteiger partial charge in [0, 0.05) is 5.75 Å². The molecule has 0 bridgehead atoms. The number of benzene rings is 2. The summed E-state index contributed by atoms with van der Waals surface area (Å²) in [4.78, 5) is 4.43. The van der Waals surface area contributed by atoms with Gasteiger partial charge < -0.3 is 5.32 Å². The monoisotopic (exact) mass is 308 g/mol. The molecule has 1 aliphatic rings. The number of nitrogens with one attached hydrogen (secondary N) is 1. The van der Waals surface area contributed by atoms with Gasteiger partial charge >= 0.3 is 0 Å². The fraction of sp³-hybridized carbons (Fsp3) is 0.133. The molecule has 1 atom stereocenters. The highest BCUT2D eigenvalue weighted by Crippen LogP contribution is 2.31. The Bertz CT molecular complexity index is 689. The van der Waals surface area contributed by atoms with E-state index < -0.39 is 17.5 Å². The van der Waals surface area contributed by atoms with Crippen molar-refractivity contribution in [3.8, 4) is 0 Å². The second-order valence-corrected chi connectivity index (χ2v) is 5.53. The molecule has 0 aliphatic carbocycles. The third-order valence-corrected chi connectivity index (χ3v) is 4.08. The molecule has 0 saturated heterocycles. The largest absolute Gasteiger partial charge is 0.332 e. The van der Waals surface area contributed by atoms with E-state index in [4.69, 9.17) is 0 Å². The van der Waals surface area contributed by atoms with Crippen molar-refractivity contribution in [1.82, 2.24) is 0 Å². The van der Waals surface area contributed by atoms with Crippen LogP contribution in [-0.2, 0) is 0 Å². The predicted octanol–water partition coefficient (Wildman–Crippen LogP) is 4.36. The molecule has 0 amide bonds. The first-order chi connectivity index (χ1) is 10.1. The summed E-state index contributed by atoms with van der Waals surface area (Å²) >= 11 is 1.41. The van der Waals surface area contributed by atoms with Crippen LogP contribution in [0, 0.1) is 17.5 Å². The smallest absolute Gasteiger partial charge is 0.196 e. The van der Waals surface area contributed by atoms with Crippen molar-refractivity contribution in [3.63, 3.8) is 0 Å². The molecule has 21 heavy (non-hydrogen) atoms. The van der Waals surface area contributed by atoms with Crippen LogP contribution in [0.15, 0.2) is 47.5 Å². The lowest BCUT2D eigenvalue weighted by atomic mass is 10.1. The van der Waals surface area contributed by atoms with Gasteiger partial charge in [0.05, 0.1) is 11.7 Å². The molecule has 2 nitrogen and oxygen atoms in total. The summed E-state index contributed by atoms with van der Waals surface area (Å²) in [5.74, 6) is -3.21. The fourth-order valence-electron chi connectivity index (χ4n) is 2.03. The van der Waals surface area contributed by atoms with Crippen molar-refractivity contribution in [2.75, 3.05) is 11.1 Å². The van der Waals surface area contributed by atoms with Crippen LogP contribution in [0.1, 0.15) is 11.6 Å². The van der Waals surface area contributed by atoms with Gasteiger partial charge in [-0.2, -0.15) is 0 Å². The Morgan fingerprint density at radius 1 is 1.00 bits per heavy atom. The van der Waals surface area contributed by atoms with Gasteiger partial charge in [-0.15, -0.1) is 0 Å². The quantitative estimate of drug-likeness (QED) is 0.834. The van der Waals surface area contributed by atoms with E-state index in [0.29, 0.717) is 5.17 Å².